The molecule has 0 N–H and O–H groups in total. The summed E-state index contributed by atoms with van der Waals surface area (Å²) in [6.07, 6.45) is 3.05. The number of pyridine rings is 1. The van der Waals surface area contributed by atoms with Crippen molar-refractivity contribution in [1.82, 2.24) is 15.0 Å². The molecule has 1 saturated heterocycles. The number of esters is 1. The summed E-state index contributed by atoms with van der Waals surface area (Å²) in [6.45, 7) is 2.37. The average Bonchev–Trinajstić information content (AvgIpc) is 2.88. The van der Waals surface area contributed by atoms with E-state index in [0.717, 1.165) is 5.82 Å². The fraction of sp³-hybridized carbons (Fsp3) is 0.273. The first-order valence-corrected chi connectivity index (χ1v) is 10.3. The van der Waals surface area contributed by atoms with Crippen molar-refractivity contribution in [1.29, 1.82) is 0 Å². The summed E-state index contributed by atoms with van der Waals surface area (Å²) >= 11 is 0. The summed E-state index contributed by atoms with van der Waals surface area (Å²) in [4.78, 5) is 42.2. The number of para-hydroxylation sites is 1. The van der Waals surface area contributed by atoms with Crippen LogP contribution in [0.25, 0.3) is 0 Å². The van der Waals surface area contributed by atoms with E-state index in [-0.39, 0.29) is 22.9 Å². The highest BCUT2D eigenvalue weighted by Gasteiger charge is 2.32. The van der Waals surface area contributed by atoms with Crippen LogP contribution in [0.1, 0.15) is 10.4 Å². The minimum absolute atomic E-state index is 0.0912. The number of hydrogen-bond donors (Lipinski definition) is 0. The summed E-state index contributed by atoms with van der Waals surface area (Å²) in [5, 5.41) is 12.1. The highest BCUT2D eigenvalue weighted by atomic mass is 16.6. The number of methoxy groups -OCH3 is 1. The van der Waals surface area contributed by atoms with Gasteiger partial charge < -0.3 is 19.4 Å². The van der Waals surface area contributed by atoms with Crippen molar-refractivity contribution in [3.63, 3.8) is 0 Å². The number of hydrogen-bond acceptors (Lipinski definition) is 10. The molecule has 0 amide bonds. The lowest BCUT2D eigenvalue weighted by Gasteiger charge is -2.35. The normalized spacial score (nSPS) is 13.5. The lowest BCUT2D eigenvalue weighted by atomic mass is 10.1. The second-order valence-corrected chi connectivity index (χ2v) is 7.36. The van der Waals surface area contributed by atoms with Gasteiger partial charge in [0.05, 0.1) is 23.3 Å². The van der Waals surface area contributed by atoms with Gasteiger partial charge in [-0.25, -0.2) is 19.7 Å². The van der Waals surface area contributed by atoms with E-state index in [1.54, 1.807) is 37.5 Å². The Balaban J connectivity index is 1.65. The second kappa shape index (κ2) is 9.47. The maximum atomic E-state index is 12.2. The molecule has 1 aromatic carbocycles. The molecule has 0 radical (unpaired) electrons. The molecule has 2 aromatic heterocycles. The molecule has 3 aromatic rings. The van der Waals surface area contributed by atoms with Crippen LogP contribution in [0.2, 0.25) is 0 Å². The van der Waals surface area contributed by atoms with Crippen LogP contribution in [-0.4, -0.2) is 66.2 Å². The number of benzene rings is 1. The zero-order chi connectivity index (χ0) is 23.4. The van der Waals surface area contributed by atoms with Gasteiger partial charge in [0.15, 0.2) is 0 Å². The van der Waals surface area contributed by atoms with Gasteiger partial charge in [-0.1, -0.05) is 18.2 Å². The smallest absolute Gasteiger partial charge is 0.353 e. The molecular weight excluding hydrogens is 426 g/mol. The molecule has 33 heavy (non-hydrogen) atoms. The van der Waals surface area contributed by atoms with Crippen LogP contribution in [0.15, 0.2) is 55.0 Å². The zero-order valence-corrected chi connectivity index (χ0v) is 18.3. The molecule has 1 aliphatic heterocycles. The minimum atomic E-state index is -0.542. The molecule has 3 heterocycles. The third-order valence-electron chi connectivity index (χ3n) is 5.51. The molecule has 1 fully saturated rings. The van der Waals surface area contributed by atoms with E-state index < -0.39 is 10.9 Å². The van der Waals surface area contributed by atoms with E-state index in [1.807, 2.05) is 23.1 Å². The van der Waals surface area contributed by atoms with Crippen LogP contribution < -0.4 is 14.7 Å². The summed E-state index contributed by atoms with van der Waals surface area (Å²) in [6, 6.07) is 12.5. The Hall–Kier alpha value is -4.28. The van der Waals surface area contributed by atoms with Gasteiger partial charge in [-0.15, -0.1) is 0 Å². The van der Waals surface area contributed by atoms with Gasteiger partial charge in [0.1, 0.15) is 12.1 Å². The van der Waals surface area contributed by atoms with Gasteiger partial charge in [-0.05, 0) is 24.3 Å². The quantitative estimate of drug-likeness (QED) is 0.316. The molecule has 1 aliphatic rings. The van der Waals surface area contributed by atoms with Crippen LogP contribution >= 0.6 is 0 Å². The number of ether oxygens (including phenoxy) is 1. The first-order valence-electron chi connectivity index (χ1n) is 10.3. The van der Waals surface area contributed by atoms with Crippen LogP contribution in [-0.2, 0) is 4.74 Å². The van der Waals surface area contributed by atoms with Crippen molar-refractivity contribution >= 4 is 34.8 Å². The van der Waals surface area contributed by atoms with Crippen molar-refractivity contribution in [2.75, 3.05) is 55.0 Å². The lowest BCUT2D eigenvalue weighted by molar-refractivity contribution is -0.383. The first kappa shape index (κ1) is 21.9. The first-order chi connectivity index (χ1) is 16.0. The zero-order valence-electron chi connectivity index (χ0n) is 18.3. The van der Waals surface area contributed by atoms with Gasteiger partial charge in [0.25, 0.3) is 0 Å². The molecule has 0 unspecified atom stereocenters. The molecule has 0 saturated carbocycles. The number of carbonyl (C=O) groups excluding carboxylic acids is 1. The summed E-state index contributed by atoms with van der Waals surface area (Å²) in [5.74, 6) is 0.663. The maximum Gasteiger partial charge on any atom is 0.353 e. The van der Waals surface area contributed by atoms with Crippen LogP contribution in [0.4, 0.5) is 28.8 Å². The van der Waals surface area contributed by atoms with Gasteiger partial charge in [-0.2, -0.15) is 0 Å². The molecule has 11 nitrogen and oxygen atoms in total. The third-order valence-corrected chi connectivity index (χ3v) is 5.51. The number of nitro groups is 1. The van der Waals surface area contributed by atoms with Gasteiger partial charge >= 0.3 is 11.7 Å². The van der Waals surface area contributed by atoms with Gasteiger partial charge in [-0.3, -0.25) is 10.1 Å². The van der Waals surface area contributed by atoms with Crippen molar-refractivity contribution in [2.24, 2.45) is 0 Å². The number of aromatic nitrogens is 3. The topological polar surface area (TPSA) is 118 Å². The van der Waals surface area contributed by atoms with E-state index in [9.17, 15) is 14.9 Å². The maximum absolute atomic E-state index is 12.2. The van der Waals surface area contributed by atoms with Gasteiger partial charge in [0, 0.05) is 39.4 Å². The highest BCUT2D eigenvalue weighted by Crippen LogP contribution is 2.38. The number of nitrogens with zero attached hydrogens (tertiary/aromatic N) is 7. The monoisotopic (exact) mass is 449 g/mol. The van der Waals surface area contributed by atoms with Crippen molar-refractivity contribution in [3.8, 4) is 0 Å². The average molecular weight is 449 g/mol. The van der Waals surface area contributed by atoms with Crippen LogP contribution in [0, 0.1) is 10.1 Å². The number of anilines is 4. The third kappa shape index (κ3) is 4.38. The van der Waals surface area contributed by atoms with E-state index in [1.165, 1.54) is 18.3 Å². The highest BCUT2D eigenvalue weighted by molar-refractivity contribution is 5.97. The van der Waals surface area contributed by atoms with Crippen molar-refractivity contribution in [3.05, 3.63) is 70.7 Å². The predicted octanol–water partition coefficient (Wildman–Crippen LogP) is 2.66. The second-order valence-electron chi connectivity index (χ2n) is 7.36. The Kier molecular flexibility index (Phi) is 6.29. The molecule has 0 aliphatic carbocycles. The van der Waals surface area contributed by atoms with E-state index in [0.29, 0.717) is 31.9 Å². The number of rotatable bonds is 6. The Morgan fingerprint density at radius 3 is 2.39 bits per heavy atom. The van der Waals surface area contributed by atoms with E-state index >= 15 is 0 Å². The Morgan fingerprint density at radius 2 is 1.73 bits per heavy atom. The molecule has 170 valence electrons. The number of carbonyl (C=O) groups is 1. The molecule has 11 heteroatoms. The standard InChI is InChI=1S/C22H23N7O4/c1-26(17-8-4-3-7-16(17)22(30)33-2)20-19(29(31)32)21(25-15-24-20)28-13-11-27(12-14-28)18-9-5-6-10-23-18/h3-10,15H,11-14H2,1-2H3. The largest absolute Gasteiger partial charge is 0.465 e. The molecule has 0 bridgehead atoms. The SMILES string of the molecule is COC(=O)c1ccccc1N(C)c1ncnc(N2CCN(c3ccccn3)CC2)c1[N+](=O)[O-]. The minimum Gasteiger partial charge on any atom is -0.465 e. The van der Waals surface area contributed by atoms with Crippen molar-refractivity contribution < 1.29 is 14.5 Å². The van der Waals surface area contributed by atoms with Crippen LogP contribution in [0.5, 0.6) is 0 Å². The predicted molar refractivity (Wildman–Crippen MR) is 123 cm³/mol. The Labute approximate surface area is 190 Å². The van der Waals surface area contributed by atoms with E-state index in [2.05, 4.69) is 19.9 Å². The fourth-order valence-corrected chi connectivity index (χ4v) is 3.85. The molecular formula is C22H23N7O4. The lowest BCUT2D eigenvalue weighted by Crippen LogP contribution is -2.47. The number of piperazine rings is 1. The van der Waals surface area contributed by atoms with Crippen molar-refractivity contribution in [2.45, 2.75) is 0 Å². The van der Waals surface area contributed by atoms with E-state index in [4.69, 9.17) is 4.74 Å². The summed E-state index contributed by atoms with van der Waals surface area (Å²) < 4.78 is 4.86. The molecule has 0 atom stereocenters. The van der Waals surface area contributed by atoms with Crippen LogP contribution in [0.3, 0.4) is 0 Å². The fourth-order valence-electron chi connectivity index (χ4n) is 3.85. The molecule has 4 rings (SSSR count). The van der Waals surface area contributed by atoms with Gasteiger partial charge in [0.2, 0.25) is 11.6 Å². The summed E-state index contributed by atoms with van der Waals surface area (Å²) in [5.41, 5.74) is 0.504. The molecule has 0 spiro atoms. The Bertz CT molecular complexity index is 1150. The Morgan fingerprint density at radius 1 is 1.03 bits per heavy atom. The summed E-state index contributed by atoms with van der Waals surface area (Å²) in [7, 11) is 2.91.